The third-order valence-electron chi connectivity index (χ3n) is 2.98. The standard InChI is InChI=1S/C11H17NS/c1-7-4-11-9(5-8(2)13-11)10(7)6-12-3/h5,7,10,12H,4,6H2,1-3H3. The van der Waals surface area contributed by atoms with Crippen LogP contribution in [-0.2, 0) is 6.42 Å². The normalized spacial score (nSPS) is 26.4. The summed E-state index contributed by atoms with van der Waals surface area (Å²) in [6.45, 7) is 5.71. The summed E-state index contributed by atoms with van der Waals surface area (Å²) in [5, 5.41) is 3.29. The van der Waals surface area contributed by atoms with E-state index in [1.54, 1.807) is 10.4 Å². The first-order valence-corrected chi connectivity index (χ1v) is 5.78. The summed E-state index contributed by atoms with van der Waals surface area (Å²) >= 11 is 1.98. The highest BCUT2D eigenvalue weighted by molar-refractivity contribution is 7.12. The Bertz CT molecular complexity index is 303. The molecule has 0 saturated carbocycles. The van der Waals surface area contributed by atoms with Crippen LogP contribution in [0.2, 0.25) is 0 Å². The van der Waals surface area contributed by atoms with Gasteiger partial charge in [0.15, 0.2) is 0 Å². The van der Waals surface area contributed by atoms with Crippen molar-refractivity contribution in [3.8, 4) is 0 Å². The molecule has 0 aliphatic heterocycles. The highest BCUT2D eigenvalue weighted by atomic mass is 32.1. The molecule has 1 heterocycles. The first-order chi connectivity index (χ1) is 6.22. The Kier molecular flexibility index (Phi) is 2.43. The minimum atomic E-state index is 0.755. The highest BCUT2D eigenvalue weighted by Gasteiger charge is 2.30. The molecule has 1 aromatic heterocycles. The summed E-state index contributed by atoms with van der Waals surface area (Å²) < 4.78 is 0. The summed E-state index contributed by atoms with van der Waals surface area (Å²) in [7, 11) is 2.05. The molecule has 1 aromatic rings. The quantitative estimate of drug-likeness (QED) is 0.764. The Morgan fingerprint density at radius 1 is 1.62 bits per heavy atom. The van der Waals surface area contributed by atoms with Crippen molar-refractivity contribution in [3.05, 3.63) is 21.4 Å². The summed E-state index contributed by atoms with van der Waals surface area (Å²) in [6, 6.07) is 2.38. The second-order valence-corrected chi connectivity index (χ2v) is 5.42. The Morgan fingerprint density at radius 3 is 3.08 bits per heavy atom. The molecule has 2 rings (SSSR count). The molecule has 13 heavy (non-hydrogen) atoms. The summed E-state index contributed by atoms with van der Waals surface area (Å²) in [5.41, 5.74) is 1.62. The van der Waals surface area contributed by atoms with E-state index in [2.05, 4.69) is 25.2 Å². The number of hydrogen-bond acceptors (Lipinski definition) is 2. The molecule has 0 bridgehead atoms. The molecular formula is C11H17NS. The fraction of sp³-hybridized carbons (Fsp3) is 0.636. The lowest BCUT2D eigenvalue weighted by Gasteiger charge is -2.15. The zero-order chi connectivity index (χ0) is 9.42. The SMILES string of the molecule is CNCC1c2cc(C)sc2CC1C. The largest absolute Gasteiger partial charge is 0.319 e. The van der Waals surface area contributed by atoms with Gasteiger partial charge in [0, 0.05) is 22.2 Å². The monoisotopic (exact) mass is 195 g/mol. The number of nitrogens with one attached hydrogen (secondary N) is 1. The van der Waals surface area contributed by atoms with E-state index in [1.165, 1.54) is 11.3 Å². The molecule has 0 fully saturated rings. The smallest absolute Gasteiger partial charge is 0.00863 e. The molecule has 1 aliphatic rings. The minimum Gasteiger partial charge on any atom is -0.319 e. The van der Waals surface area contributed by atoms with Crippen molar-refractivity contribution >= 4 is 11.3 Å². The van der Waals surface area contributed by atoms with Crippen LogP contribution in [0.5, 0.6) is 0 Å². The second kappa shape index (κ2) is 3.43. The number of rotatable bonds is 2. The van der Waals surface area contributed by atoms with E-state index in [1.807, 2.05) is 18.4 Å². The van der Waals surface area contributed by atoms with Crippen LogP contribution >= 0.6 is 11.3 Å². The molecular weight excluding hydrogens is 178 g/mol. The van der Waals surface area contributed by atoms with Crippen LogP contribution in [0, 0.1) is 12.8 Å². The van der Waals surface area contributed by atoms with Crippen molar-refractivity contribution in [2.75, 3.05) is 13.6 Å². The number of aryl methyl sites for hydroxylation is 1. The van der Waals surface area contributed by atoms with Gasteiger partial charge in [-0.3, -0.25) is 0 Å². The van der Waals surface area contributed by atoms with Gasteiger partial charge in [0.25, 0.3) is 0 Å². The van der Waals surface area contributed by atoms with Gasteiger partial charge in [-0.05, 0) is 37.9 Å². The van der Waals surface area contributed by atoms with E-state index in [0.29, 0.717) is 0 Å². The Labute approximate surface area is 84.2 Å². The number of fused-ring (bicyclic) bond motifs is 1. The van der Waals surface area contributed by atoms with E-state index in [0.717, 1.165) is 18.4 Å². The first-order valence-electron chi connectivity index (χ1n) is 4.96. The molecule has 2 heteroatoms. The maximum Gasteiger partial charge on any atom is 0.00863 e. The fourth-order valence-corrected chi connectivity index (χ4v) is 3.58. The molecule has 0 amide bonds. The van der Waals surface area contributed by atoms with Crippen molar-refractivity contribution in [2.45, 2.75) is 26.2 Å². The maximum atomic E-state index is 3.29. The molecule has 0 spiro atoms. The highest BCUT2D eigenvalue weighted by Crippen LogP contribution is 2.41. The number of likely N-dealkylation sites (N-methyl/N-ethyl adjacent to an activating group) is 1. The molecule has 2 atom stereocenters. The molecule has 1 nitrogen and oxygen atoms in total. The lowest BCUT2D eigenvalue weighted by atomic mass is 9.94. The van der Waals surface area contributed by atoms with Crippen LogP contribution in [-0.4, -0.2) is 13.6 Å². The van der Waals surface area contributed by atoms with E-state index in [-0.39, 0.29) is 0 Å². The molecule has 0 aromatic carbocycles. The van der Waals surface area contributed by atoms with Crippen LogP contribution in [0.1, 0.15) is 28.2 Å². The van der Waals surface area contributed by atoms with Crippen molar-refractivity contribution in [1.29, 1.82) is 0 Å². The Balaban J connectivity index is 2.27. The van der Waals surface area contributed by atoms with Crippen molar-refractivity contribution in [1.82, 2.24) is 5.32 Å². The zero-order valence-corrected chi connectivity index (χ0v) is 9.37. The van der Waals surface area contributed by atoms with Crippen molar-refractivity contribution in [2.24, 2.45) is 5.92 Å². The van der Waals surface area contributed by atoms with Crippen LogP contribution in [0.4, 0.5) is 0 Å². The predicted molar refractivity (Wildman–Crippen MR) is 58.6 cm³/mol. The number of hydrogen-bond donors (Lipinski definition) is 1. The van der Waals surface area contributed by atoms with Crippen LogP contribution in [0.3, 0.4) is 0 Å². The average Bonchev–Trinajstić information content (AvgIpc) is 2.52. The van der Waals surface area contributed by atoms with Crippen LogP contribution in [0.15, 0.2) is 6.07 Å². The predicted octanol–water partition coefficient (Wildman–Crippen LogP) is 2.55. The van der Waals surface area contributed by atoms with Gasteiger partial charge in [-0.2, -0.15) is 0 Å². The number of thiophene rings is 1. The van der Waals surface area contributed by atoms with Gasteiger partial charge in [0.1, 0.15) is 0 Å². The first kappa shape index (κ1) is 9.22. The van der Waals surface area contributed by atoms with E-state index in [9.17, 15) is 0 Å². The molecule has 2 unspecified atom stereocenters. The average molecular weight is 195 g/mol. The summed E-state index contributed by atoms with van der Waals surface area (Å²) in [5.74, 6) is 1.58. The molecule has 1 aliphatic carbocycles. The van der Waals surface area contributed by atoms with Gasteiger partial charge < -0.3 is 5.32 Å². The topological polar surface area (TPSA) is 12.0 Å². The molecule has 0 radical (unpaired) electrons. The molecule has 72 valence electrons. The van der Waals surface area contributed by atoms with Gasteiger partial charge >= 0.3 is 0 Å². The van der Waals surface area contributed by atoms with E-state index in [4.69, 9.17) is 0 Å². The van der Waals surface area contributed by atoms with Crippen molar-refractivity contribution < 1.29 is 0 Å². The van der Waals surface area contributed by atoms with Gasteiger partial charge in [0.05, 0.1) is 0 Å². The van der Waals surface area contributed by atoms with Gasteiger partial charge in [-0.1, -0.05) is 6.92 Å². The molecule has 1 N–H and O–H groups in total. The second-order valence-electron chi connectivity index (χ2n) is 4.08. The Hall–Kier alpha value is -0.340. The third kappa shape index (κ3) is 1.53. The fourth-order valence-electron chi connectivity index (χ4n) is 2.33. The summed E-state index contributed by atoms with van der Waals surface area (Å²) in [6.07, 6.45) is 1.29. The third-order valence-corrected chi connectivity index (χ3v) is 4.07. The van der Waals surface area contributed by atoms with Crippen LogP contribution in [0.25, 0.3) is 0 Å². The zero-order valence-electron chi connectivity index (χ0n) is 8.55. The minimum absolute atomic E-state index is 0.755. The lowest BCUT2D eigenvalue weighted by molar-refractivity contribution is 0.480. The molecule has 0 saturated heterocycles. The van der Waals surface area contributed by atoms with Crippen molar-refractivity contribution in [3.63, 3.8) is 0 Å². The van der Waals surface area contributed by atoms with Gasteiger partial charge in [-0.25, -0.2) is 0 Å². The Morgan fingerprint density at radius 2 is 2.38 bits per heavy atom. The van der Waals surface area contributed by atoms with Gasteiger partial charge in [-0.15, -0.1) is 11.3 Å². The lowest BCUT2D eigenvalue weighted by Crippen LogP contribution is -2.19. The van der Waals surface area contributed by atoms with Crippen LogP contribution < -0.4 is 5.32 Å². The van der Waals surface area contributed by atoms with E-state index >= 15 is 0 Å². The summed E-state index contributed by atoms with van der Waals surface area (Å²) in [4.78, 5) is 3.10. The maximum absolute atomic E-state index is 3.29. The van der Waals surface area contributed by atoms with Gasteiger partial charge in [0.2, 0.25) is 0 Å². The van der Waals surface area contributed by atoms with E-state index < -0.39 is 0 Å².